The van der Waals surface area contributed by atoms with Crippen molar-refractivity contribution in [2.75, 3.05) is 6.54 Å². The van der Waals surface area contributed by atoms with Gasteiger partial charge in [0.2, 0.25) is 0 Å². The highest BCUT2D eigenvalue weighted by Crippen LogP contribution is 2.10. The van der Waals surface area contributed by atoms with E-state index in [-0.39, 0.29) is 17.0 Å². The third-order valence-electron chi connectivity index (χ3n) is 3.56. The van der Waals surface area contributed by atoms with Crippen LogP contribution in [0.4, 0.5) is 0 Å². The summed E-state index contributed by atoms with van der Waals surface area (Å²) in [7, 11) is 0. The highest BCUT2D eigenvalue weighted by molar-refractivity contribution is 5.93. The molecule has 6 heteroatoms. The summed E-state index contributed by atoms with van der Waals surface area (Å²) in [4.78, 5) is 32.8. The number of hydrogen-bond acceptors (Lipinski definition) is 3. The maximum atomic E-state index is 12.5. The number of imidazole rings is 1. The summed E-state index contributed by atoms with van der Waals surface area (Å²) < 4.78 is 1.94. The fraction of sp³-hybridized carbons (Fsp3) is 0.188. The van der Waals surface area contributed by atoms with Crippen LogP contribution in [-0.4, -0.2) is 31.7 Å². The summed E-state index contributed by atoms with van der Waals surface area (Å²) in [6, 6.07) is 8.93. The average Bonchev–Trinajstić information content (AvgIpc) is 2.95. The molecule has 1 N–H and O–H groups in total. The molecule has 3 heterocycles. The first kappa shape index (κ1) is 14.1. The van der Waals surface area contributed by atoms with E-state index in [1.54, 1.807) is 23.2 Å². The van der Waals surface area contributed by atoms with Crippen molar-refractivity contribution in [3.63, 3.8) is 0 Å². The number of fused-ring (bicyclic) bond motifs is 1. The normalized spacial score (nSPS) is 10.8. The zero-order valence-electron chi connectivity index (χ0n) is 12.2. The third kappa shape index (κ3) is 2.50. The van der Waals surface area contributed by atoms with Gasteiger partial charge in [0.15, 0.2) is 0 Å². The molecule has 3 aromatic rings. The van der Waals surface area contributed by atoms with Crippen LogP contribution in [0.2, 0.25) is 0 Å². The van der Waals surface area contributed by atoms with Crippen LogP contribution in [0.3, 0.4) is 0 Å². The lowest BCUT2D eigenvalue weighted by Crippen LogP contribution is -2.34. The molecular weight excluding hydrogens is 280 g/mol. The van der Waals surface area contributed by atoms with E-state index in [0.717, 1.165) is 11.3 Å². The summed E-state index contributed by atoms with van der Waals surface area (Å²) in [5.41, 5.74) is 1.51. The fourth-order valence-electron chi connectivity index (χ4n) is 2.39. The Bertz CT molecular complexity index is 865. The minimum Gasteiger partial charge on any atom is -0.333 e. The monoisotopic (exact) mass is 296 g/mol. The largest absolute Gasteiger partial charge is 0.333 e. The van der Waals surface area contributed by atoms with Crippen LogP contribution in [0.1, 0.15) is 23.0 Å². The first-order valence-corrected chi connectivity index (χ1v) is 7.08. The first-order valence-electron chi connectivity index (χ1n) is 7.08. The van der Waals surface area contributed by atoms with Crippen molar-refractivity contribution in [2.45, 2.75) is 13.5 Å². The number of nitrogens with one attached hydrogen (secondary N) is 1. The van der Waals surface area contributed by atoms with Crippen molar-refractivity contribution in [1.29, 1.82) is 0 Å². The maximum absolute atomic E-state index is 12.5. The zero-order valence-corrected chi connectivity index (χ0v) is 12.2. The Morgan fingerprint density at radius 3 is 2.95 bits per heavy atom. The number of aromatic nitrogens is 3. The molecule has 0 aromatic carbocycles. The van der Waals surface area contributed by atoms with E-state index in [0.29, 0.717) is 13.1 Å². The number of carbonyl (C=O) groups excluding carboxylic acids is 1. The van der Waals surface area contributed by atoms with Crippen LogP contribution in [0.5, 0.6) is 0 Å². The summed E-state index contributed by atoms with van der Waals surface area (Å²) in [6.07, 6.45) is 5.17. The van der Waals surface area contributed by atoms with Crippen LogP contribution < -0.4 is 5.56 Å². The molecule has 0 aliphatic rings. The number of hydrogen-bond donors (Lipinski definition) is 1. The molecule has 3 aromatic heterocycles. The molecular formula is C16H16N4O2. The molecule has 6 nitrogen and oxygen atoms in total. The molecule has 112 valence electrons. The van der Waals surface area contributed by atoms with E-state index in [9.17, 15) is 9.59 Å². The molecule has 0 fully saturated rings. The van der Waals surface area contributed by atoms with E-state index in [2.05, 4.69) is 9.97 Å². The van der Waals surface area contributed by atoms with Gasteiger partial charge in [-0.1, -0.05) is 6.07 Å². The highest BCUT2D eigenvalue weighted by Gasteiger charge is 2.18. The van der Waals surface area contributed by atoms with Gasteiger partial charge < -0.3 is 14.3 Å². The zero-order chi connectivity index (χ0) is 15.5. The molecule has 0 atom stereocenters. The van der Waals surface area contributed by atoms with Gasteiger partial charge in [0.1, 0.15) is 11.2 Å². The second-order valence-corrected chi connectivity index (χ2v) is 4.91. The Labute approximate surface area is 127 Å². The number of aromatic amines is 1. The van der Waals surface area contributed by atoms with Gasteiger partial charge >= 0.3 is 0 Å². The van der Waals surface area contributed by atoms with Crippen LogP contribution in [0, 0.1) is 0 Å². The van der Waals surface area contributed by atoms with Gasteiger partial charge in [-0.05, 0) is 31.2 Å². The number of H-pyrrole nitrogens is 1. The van der Waals surface area contributed by atoms with E-state index in [1.807, 2.05) is 35.7 Å². The molecule has 0 bridgehead atoms. The van der Waals surface area contributed by atoms with E-state index >= 15 is 0 Å². The quantitative estimate of drug-likeness (QED) is 0.796. The lowest BCUT2D eigenvalue weighted by atomic mass is 10.2. The Kier molecular flexibility index (Phi) is 3.74. The van der Waals surface area contributed by atoms with Crippen LogP contribution in [0.25, 0.3) is 5.65 Å². The molecule has 0 spiro atoms. The number of pyridine rings is 2. The van der Waals surface area contributed by atoms with Crippen LogP contribution >= 0.6 is 0 Å². The average molecular weight is 296 g/mol. The van der Waals surface area contributed by atoms with Crippen LogP contribution in [0.15, 0.2) is 53.7 Å². The molecule has 0 radical (unpaired) electrons. The maximum Gasteiger partial charge on any atom is 0.260 e. The first-order chi connectivity index (χ1) is 10.7. The SMILES string of the molecule is CCN(Cc1cnc2ccccn12)C(=O)c1ccc[nH]c1=O. The van der Waals surface area contributed by atoms with Gasteiger partial charge in [0, 0.05) is 18.9 Å². The molecule has 22 heavy (non-hydrogen) atoms. The van der Waals surface area contributed by atoms with Gasteiger partial charge in [-0.15, -0.1) is 0 Å². The van der Waals surface area contributed by atoms with Crippen molar-refractivity contribution < 1.29 is 4.79 Å². The smallest absolute Gasteiger partial charge is 0.260 e. The summed E-state index contributed by atoms with van der Waals surface area (Å²) in [6.45, 7) is 2.79. The second-order valence-electron chi connectivity index (χ2n) is 4.91. The Balaban J connectivity index is 1.90. The van der Waals surface area contributed by atoms with Gasteiger partial charge in [-0.25, -0.2) is 4.98 Å². The molecule has 0 aliphatic heterocycles. The molecule has 0 saturated heterocycles. The van der Waals surface area contributed by atoms with Crippen molar-refractivity contribution in [3.05, 3.63) is 70.5 Å². The Hall–Kier alpha value is -2.89. The van der Waals surface area contributed by atoms with Crippen molar-refractivity contribution in [2.24, 2.45) is 0 Å². The fourth-order valence-corrected chi connectivity index (χ4v) is 2.39. The van der Waals surface area contributed by atoms with Gasteiger partial charge in [0.05, 0.1) is 18.4 Å². The van der Waals surface area contributed by atoms with E-state index in [4.69, 9.17) is 0 Å². The second kappa shape index (κ2) is 5.85. The predicted molar refractivity (Wildman–Crippen MR) is 82.7 cm³/mol. The molecule has 0 aliphatic carbocycles. The summed E-state index contributed by atoms with van der Waals surface area (Å²) >= 11 is 0. The Morgan fingerprint density at radius 1 is 1.32 bits per heavy atom. The molecule has 0 saturated carbocycles. The topological polar surface area (TPSA) is 70.5 Å². The molecule has 0 unspecified atom stereocenters. The minimum atomic E-state index is -0.371. The number of amides is 1. The number of rotatable bonds is 4. The van der Waals surface area contributed by atoms with Gasteiger partial charge in [-0.2, -0.15) is 0 Å². The van der Waals surface area contributed by atoms with Crippen LogP contribution in [-0.2, 0) is 6.54 Å². The third-order valence-corrected chi connectivity index (χ3v) is 3.56. The predicted octanol–water partition coefficient (Wildman–Crippen LogP) is 1.68. The van der Waals surface area contributed by atoms with E-state index < -0.39 is 0 Å². The summed E-state index contributed by atoms with van der Waals surface area (Å²) in [5.74, 6) is -0.282. The number of carbonyl (C=O) groups is 1. The molecule has 1 amide bonds. The van der Waals surface area contributed by atoms with Crippen molar-refractivity contribution in [1.82, 2.24) is 19.3 Å². The standard InChI is InChI=1S/C16H16N4O2/c1-2-19(16(22)13-6-5-8-17-15(13)21)11-12-10-18-14-7-3-4-9-20(12)14/h3-10H,2,11H2,1H3,(H,17,21). The highest BCUT2D eigenvalue weighted by atomic mass is 16.2. The van der Waals surface area contributed by atoms with Crippen molar-refractivity contribution in [3.8, 4) is 0 Å². The van der Waals surface area contributed by atoms with E-state index in [1.165, 1.54) is 6.20 Å². The lowest BCUT2D eigenvalue weighted by molar-refractivity contribution is 0.0748. The summed E-state index contributed by atoms with van der Waals surface area (Å²) in [5, 5.41) is 0. The minimum absolute atomic E-state index is 0.151. The lowest BCUT2D eigenvalue weighted by Gasteiger charge is -2.20. The van der Waals surface area contributed by atoms with Crippen molar-refractivity contribution >= 4 is 11.6 Å². The van der Waals surface area contributed by atoms with Gasteiger partial charge in [0.25, 0.3) is 11.5 Å². The number of nitrogens with zero attached hydrogens (tertiary/aromatic N) is 3. The Morgan fingerprint density at radius 2 is 2.18 bits per heavy atom. The van der Waals surface area contributed by atoms with Gasteiger partial charge in [-0.3, -0.25) is 9.59 Å². The molecule has 3 rings (SSSR count).